The molecular formula is C26H21NO3. The third kappa shape index (κ3) is 3.01. The minimum Gasteiger partial charge on any atom is -0.452 e. The summed E-state index contributed by atoms with van der Waals surface area (Å²) >= 11 is 0. The van der Waals surface area contributed by atoms with Gasteiger partial charge in [-0.05, 0) is 52.6 Å². The van der Waals surface area contributed by atoms with Crippen LogP contribution in [0.15, 0.2) is 78.9 Å². The highest BCUT2D eigenvalue weighted by Crippen LogP contribution is 2.32. The number of rotatable bonds is 3. The highest BCUT2D eigenvalue weighted by atomic mass is 16.5. The molecule has 4 heteroatoms. The molecule has 0 spiro atoms. The molecule has 0 unspecified atom stereocenters. The zero-order valence-corrected chi connectivity index (χ0v) is 16.7. The summed E-state index contributed by atoms with van der Waals surface area (Å²) in [6.07, 6.45) is 0.809. The van der Waals surface area contributed by atoms with Crippen molar-refractivity contribution in [1.82, 2.24) is 0 Å². The van der Waals surface area contributed by atoms with Crippen molar-refractivity contribution >= 4 is 39.1 Å². The fourth-order valence-corrected chi connectivity index (χ4v) is 4.45. The molecule has 0 bridgehead atoms. The molecule has 0 aromatic heterocycles. The number of carbonyl (C=O) groups excluding carboxylic acids is 2. The van der Waals surface area contributed by atoms with Crippen molar-refractivity contribution in [2.75, 3.05) is 11.5 Å². The van der Waals surface area contributed by atoms with Gasteiger partial charge in [-0.25, -0.2) is 4.79 Å². The van der Waals surface area contributed by atoms with Gasteiger partial charge in [-0.15, -0.1) is 0 Å². The normalized spacial score (nSPS) is 15.4. The molecule has 1 heterocycles. The van der Waals surface area contributed by atoms with Gasteiger partial charge in [0.15, 0.2) is 6.61 Å². The Hall–Kier alpha value is -3.66. The number of hydrogen-bond donors (Lipinski definition) is 0. The minimum absolute atomic E-state index is 0.0481. The molecule has 0 radical (unpaired) electrons. The molecule has 1 aliphatic rings. The van der Waals surface area contributed by atoms with E-state index in [1.165, 1.54) is 0 Å². The second-order valence-electron chi connectivity index (χ2n) is 7.72. The van der Waals surface area contributed by atoms with Crippen LogP contribution in [0.3, 0.4) is 0 Å². The van der Waals surface area contributed by atoms with Crippen LogP contribution in [-0.2, 0) is 16.0 Å². The summed E-state index contributed by atoms with van der Waals surface area (Å²) in [5.41, 5.74) is 2.55. The first-order valence-corrected chi connectivity index (χ1v) is 10.1. The Balaban J connectivity index is 1.45. The molecule has 4 aromatic carbocycles. The average molecular weight is 395 g/mol. The second-order valence-corrected chi connectivity index (χ2v) is 7.72. The van der Waals surface area contributed by atoms with Crippen molar-refractivity contribution in [3.63, 3.8) is 0 Å². The van der Waals surface area contributed by atoms with Gasteiger partial charge in [0.05, 0.1) is 5.56 Å². The molecule has 0 fully saturated rings. The van der Waals surface area contributed by atoms with Crippen LogP contribution in [0.4, 0.5) is 5.69 Å². The van der Waals surface area contributed by atoms with Gasteiger partial charge in [-0.1, -0.05) is 66.7 Å². The maximum Gasteiger partial charge on any atom is 0.339 e. The van der Waals surface area contributed by atoms with Gasteiger partial charge in [-0.3, -0.25) is 4.79 Å². The third-order valence-corrected chi connectivity index (χ3v) is 5.78. The predicted molar refractivity (Wildman–Crippen MR) is 119 cm³/mol. The van der Waals surface area contributed by atoms with E-state index in [1.54, 1.807) is 4.90 Å². The predicted octanol–water partition coefficient (Wildman–Crippen LogP) is 5.13. The molecule has 148 valence electrons. The number of ether oxygens (including phenoxy) is 1. The van der Waals surface area contributed by atoms with Crippen LogP contribution in [-0.4, -0.2) is 24.5 Å². The topological polar surface area (TPSA) is 46.6 Å². The van der Waals surface area contributed by atoms with E-state index in [0.717, 1.165) is 39.2 Å². The van der Waals surface area contributed by atoms with Gasteiger partial charge in [0, 0.05) is 11.7 Å². The molecule has 4 aromatic rings. The Morgan fingerprint density at radius 1 is 0.900 bits per heavy atom. The van der Waals surface area contributed by atoms with E-state index in [1.807, 2.05) is 79.7 Å². The van der Waals surface area contributed by atoms with Crippen molar-refractivity contribution < 1.29 is 14.3 Å². The molecule has 0 aliphatic carbocycles. The lowest BCUT2D eigenvalue weighted by molar-refractivity contribution is -0.122. The van der Waals surface area contributed by atoms with Crippen LogP contribution in [0.1, 0.15) is 22.8 Å². The SMILES string of the molecule is C[C@H]1Cc2ccccc2N1C(=O)COC(=O)c1c2ccccc2cc2ccccc12. The van der Waals surface area contributed by atoms with Gasteiger partial charge in [0.25, 0.3) is 5.91 Å². The minimum atomic E-state index is -0.475. The summed E-state index contributed by atoms with van der Waals surface area (Å²) in [6.45, 7) is 1.73. The smallest absolute Gasteiger partial charge is 0.339 e. The molecule has 1 atom stereocenters. The average Bonchev–Trinajstić information content (AvgIpc) is 3.11. The number of hydrogen-bond acceptors (Lipinski definition) is 3. The quantitative estimate of drug-likeness (QED) is 0.357. The van der Waals surface area contributed by atoms with E-state index < -0.39 is 5.97 Å². The summed E-state index contributed by atoms with van der Waals surface area (Å²) in [6, 6.07) is 25.5. The van der Waals surface area contributed by atoms with E-state index in [9.17, 15) is 9.59 Å². The molecule has 1 amide bonds. The van der Waals surface area contributed by atoms with E-state index in [0.29, 0.717) is 5.56 Å². The summed E-state index contributed by atoms with van der Waals surface area (Å²) < 4.78 is 5.55. The first-order chi connectivity index (χ1) is 14.6. The van der Waals surface area contributed by atoms with Crippen LogP contribution in [0.2, 0.25) is 0 Å². The summed E-state index contributed by atoms with van der Waals surface area (Å²) in [7, 11) is 0. The molecule has 0 N–H and O–H groups in total. The lowest BCUT2D eigenvalue weighted by atomic mass is 9.97. The van der Waals surface area contributed by atoms with Gasteiger partial charge in [0.2, 0.25) is 0 Å². The van der Waals surface area contributed by atoms with Gasteiger partial charge in [0.1, 0.15) is 0 Å². The van der Waals surface area contributed by atoms with Crippen molar-refractivity contribution in [3.05, 3.63) is 90.0 Å². The Morgan fingerprint density at radius 3 is 2.20 bits per heavy atom. The van der Waals surface area contributed by atoms with Crippen LogP contribution in [0, 0.1) is 0 Å². The Morgan fingerprint density at radius 2 is 1.50 bits per heavy atom. The number of carbonyl (C=O) groups is 2. The lowest BCUT2D eigenvalue weighted by Crippen LogP contribution is -2.38. The maximum atomic E-state index is 13.1. The van der Waals surface area contributed by atoms with E-state index >= 15 is 0 Å². The van der Waals surface area contributed by atoms with Crippen LogP contribution < -0.4 is 4.90 Å². The van der Waals surface area contributed by atoms with Gasteiger partial charge in [-0.2, -0.15) is 0 Å². The highest BCUT2D eigenvalue weighted by Gasteiger charge is 2.31. The van der Waals surface area contributed by atoms with Crippen LogP contribution in [0.25, 0.3) is 21.5 Å². The second kappa shape index (κ2) is 7.30. The lowest BCUT2D eigenvalue weighted by Gasteiger charge is -2.22. The maximum absolute atomic E-state index is 13.1. The van der Waals surface area contributed by atoms with Crippen molar-refractivity contribution in [3.8, 4) is 0 Å². The highest BCUT2D eigenvalue weighted by molar-refractivity contribution is 6.16. The van der Waals surface area contributed by atoms with Crippen LogP contribution in [0.5, 0.6) is 0 Å². The zero-order valence-electron chi connectivity index (χ0n) is 16.7. The number of amides is 1. The first-order valence-electron chi connectivity index (χ1n) is 10.1. The standard InChI is InChI=1S/C26H21NO3/c1-17-14-20-10-4-7-13-23(20)27(17)24(28)16-30-26(29)25-21-11-5-2-8-18(21)15-19-9-3-6-12-22(19)25/h2-13,15,17H,14,16H2,1H3/t17-/m0/s1. The molecule has 1 aliphatic heterocycles. The molecule has 4 nitrogen and oxygen atoms in total. The molecule has 30 heavy (non-hydrogen) atoms. The van der Waals surface area contributed by atoms with Crippen molar-refractivity contribution in [2.24, 2.45) is 0 Å². The molecule has 0 saturated carbocycles. The monoisotopic (exact) mass is 395 g/mol. The van der Waals surface area contributed by atoms with Crippen LogP contribution >= 0.6 is 0 Å². The summed E-state index contributed by atoms with van der Waals surface area (Å²) in [5, 5.41) is 3.59. The molecule has 0 saturated heterocycles. The first kappa shape index (κ1) is 18.4. The summed E-state index contributed by atoms with van der Waals surface area (Å²) in [5.74, 6) is -0.679. The number of benzene rings is 4. The number of nitrogens with zero attached hydrogens (tertiary/aromatic N) is 1. The van der Waals surface area contributed by atoms with Crippen molar-refractivity contribution in [1.29, 1.82) is 0 Å². The third-order valence-electron chi connectivity index (χ3n) is 5.78. The van der Waals surface area contributed by atoms with Gasteiger partial charge < -0.3 is 9.64 Å². The van der Waals surface area contributed by atoms with E-state index in [4.69, 9.17) is 4.74 Å². The zero-order chi connectivity index (χ0) is 20.7. The Labute approximate surface area is 174 Å². The van der Waals surface area contributed by atoms with Crippen molar-refractivity contribution in [2.45, 2.75) is 19.4 Å². The fraction of sp³-hybridized carbons (Fsp3) is 0.154. The largest absolute Gasteiger partial charge is 0.452 e. The van der Waals surface area contributed by atoms with Gasteiger partial charge >= 0.3 is 5.97 Å². The molecule has 5 rings (SSSR count). The summed E-state index contributed by atoms with van der Waals surface area (Å²) in [4.78, 5) is 27.8. The number of fused-ring (bicyclic) bond motifs is 3. The van der Waals surface area contributed by atoms with E-state index in [2.05, 4.69) is 6.07 Å². The Bertz CT molecular complexity index is 1240. The molecular weight excluding hydrogens is 374 g/mol. The number of para-hydroxylation sites is 1. The number of esters is 1. The Kier molecular flexibility index (Phi) is 4.47. The fourth-order valence-electron chi connectivity index (χ4n) is 4.45. The van der Waals surface area contributed by atoms with E-state index in [-0.39, 0.29) is 18.6 Å². The number of anilines is 1.